The van der Waals surface area contributed by atoms with Gasteiger partial charge in [0.05, 0.1) is 23.8 Å². The Bertz CT molecular complexity index is 560. The first-order chi connectivity index (χ1) is 9.77. The van der Waals surface area contributed by atoms with E-state index < -0.39 is 5.54 Å². The Morgan fingerprint density at radius 1 is 1.15 bits per heavy atom. The first kappa shape index (κ1) is 13.5. The maximum absolute atomic E-state index is 10.8. The maximum atomic E-state index is 10.8. The van der Waals surface area contributed by atoms with Crippen molar-refractivity contribution in [1.29, 1.82) is 0 Å². The van der Waals surface area contributed by atoms with Crippen LogP contribution in [0.25, 0.3) is 0 Å². The average Bonchev–Trinajstić information content (AvgIpc) is 2.77. The van der Waals surface area contributed by atoms with Crippen molar-refractivity contribution in [3.63, 3.8) is 0 Å². The van der Waals surface area contributed by atoms with E-state index in [1.807, 2.05) is 12.1 Å². The molecular weight excluding hydrogens is 278 g/mol. The lowest BCUT2D eigenvalue weighted by Crippen LogP contribution is -2.19. The van der Waals surface area contributed by atoms with Crippen LogP contribution in [-0.4, -0.2) is 19.3 Å². The van der Waals surface area contributed by atoms with Crippen molar-refractivity contribution in [3.8, 4) is 11.5 Å². The molecule has 0 bridgehead atoms. The molecule has 0 spiro atoms. The zero-order chi connectivity index (χ0) is 14.0. The van der Waals surface area contributed by atoms with Crippen LogP contribution in [0, 0.1) is 0 Å². The predicted molar refractivity (Wildman–Crippen MR) is 75.3 cm³/mol. The zero-order valence-electron chi connectivity index (χ0n) is 11.2. The fourth-order valence-corrected chi connectivity index (χ4v) is 3.44. The standard InChI is InChI=1S/C15H16ClNO3/c16-13-11(15(17-10-18)6-1-2-7-15)4-5-12-14(13)20-9-3-8-19-12/h4-5H,1-3,6-9H2. The van der Waals surface area contributed by atoms with E-state index in [9.17, 15) is 4.79 Å². The molecule has 1 fully saturated rings. The lowest BCUT2D eigenvalue weighted by Gasteiger charge is -2.25. The van der Waals surface area contributed by atoms with Gasteiger partial charge in [0.1, 0.15) is 0 Å². The number of carbonyl (C=O) groups excluding carboxylic acids is 1. The number of halogens is 1. The lowest BCUT2D eigenvalue weighted by atomic mass is 9.88. The molecule has 3 rings (SSSR count). The number of hydrogen-bond donors (Lipinski definition) is 0. The summed E-state index contributed by atoms with van der Waals surface area (Å²) in [5.41, 5.74) is 0.313. The van der Waals surface area contributed by atoms with Gasteiger partial charge in [0.15, 0.2) is 11.5 Å². The molecule has 0 atom stereocenters. The highest BCUT2D eigenvalue weighted by molar-refractivity contribution is 6.33. The minimum atomic E-state index is -0.538. The molecule has 106 valence electrons. The normalized spacial score (nSPS) is 20.1. The fourth-order valence-electron chi connectivity index (χ4n) is 3.05. The van der Waals surface area contributed by atoms with Gasteiger partial charge in [-0.2, -0.15) is 4.99 Å². The third-order valence-electron chi connectivity index (χ3n) is 4.05. The highest BCUT2D eigenvalue weighted by Gasteiger charge is 2.38. The van der Waals surface area contributed by atoms with Gasteiger partial charge < -0.3 is 9.47 Å². The first-order valence-electron chi connectivity index (χ1n) is 6.94. The molecule has 0 saturated heterocycles. The highest BCUT2D eigenvalue weighted by atomic mass is 35.5. The number of isocyanates is 1. The van der Waals surface area contributed by atoms with Crippen molar-refractivity contribution < 1.29 is 14.3 Å². The van der Waals surface area contributed by atoms with Gasteiger partial charge in [0.2, 0.25) is 6.08 Å². The van der Waals surface area contributed by atoms with Crippen molar-refractivity contribution in [3.05, 3.63) is 22.7 Å². The van der Waals surface area contributed by atoms with Gasteiger partial charge in [-0.15, -0.1) is 0 Å². The third-order valence-corrected chi connectivity index (χ3v) is 4.42. The Balaban J connectivity index is 2.10. The molecule has 0 amide bonds. The molecule has 4 nitrogen and oxygen atoms in total. The summed E-state index contributed by atoms with van der Waals surface area (Å²) in [4.78, 5) is 14.9. The van der Waals surface area contributed by atoms with Gasteiger partial charge in [-0.25, -0.2) is 4.79 Å². The summed E-state index contributed by atoms with van der Waals surface area (Å²) in [5, 5.41) is 0.519. The molecule has 1 aliphatic heterocycles. The number of benzene rings is 1. The Hall–Kier alpha value is -1.51. The van der Waals surface area contributed by atoms with Crippen molar-refractivity contribution in [2.24, 2.45) is 4.99 Å². The summed E-state index contributed by atoms with van der Waals surface area (Å²) >= 11 is 6.51. The molecule has 20 heavy (non-hydrogen) atoms. The highest BCUT2D eigenvalue weighted by Crippen LogP contribution is 2.49. The molecular formula is C15H16ClNO3. The molecule has 1 aromatic carbocycles. The number of aliphatic imine (C=N–C) groups is 1. The molecule has 1 heterocycles. The fraction of sp³-hybridized carbons (Fsp3) is 0.533. The molecule has 0 aromatic heterocycles. The Labute approximate surface area is 122 Å². The minimum Gasteiger partial charge on any atom is -0.490 e. The van der Waals surface area contributed by atoms with Crippen LogP contribution in [0.4, 0.5) is 0 Å². The van der Waals surface area contributed by atoms with Crippen molar-refractivity contribution in [2.75, 3.05) is 13.2 Å². The summed E-state index contributed by atoms with van der Waals surface area (Å²) < 4.78 is 11.3. The average molecular weight is 294 g/mol. The van der Waals surface area contributed by atoms with Gasteiger partial charge in [-0.05, 0) is 18.9 Å². The molecule has 2 aliphatic rings. The van der Waals surface area contributed by atoms with E-state index in [1.165, 1.54) is 0 Å². The second-order valence-electron chi connectivity index (χ2n) is 5.25. The quantitative estimate of drug-likeness (QED) is 0.618. The Kier molecular flexibility index (Phi) is 3.68. The van der Waals surface area contributed by atoms with Gasteiger partial charge in [-0.3, -0.25) is 0 Å². The predicted octanol–water partition coefficient (Wildman–Crippen LogP) is 3.61. The first-order valence-corrected chi connectivity index (χ1v) is 7.32. The van der Waals surface area contributed by atoms with E-state index in [0.29, 0.717) is 29.7 Å². The summed E-state index contributed by atoms with van der Waals surface area (Å²) in [6.07, 6.45) is 6.26. The second kappa shape index (κ2) is 5.47. The molecule has 1 aromatic rings. The summed E-state index contributed by atoms with van der Waals surface area (Å²) in [6.45, 7) is 1.21. The number of fused-ring (bicyclic) bond motifs is 1. The topological polar surface area (TPSA) is 47.9 Å². The van der Waals surface area contributed by atoms with Crippen molar-refractivity contribution >= 4 is 17.7 Å². The number of ether oxygens (including phenoxy) is 2. The smallest absolute Gasteiger partial charge is 0.235 e. The van der Waals surface area contributed by atoms with Crippen LogP contribution >= 0.6 is 11.6 Å². The van der Waals surface area contributed by atoms with Crippen LogP contribution in [0.15, 0.2) is 17.1 Å². The second-order valence-corrected chi connectivity index (χ2v) is 5.62. The molecule has 0 N–H and O–H groups in total. The summed E-state index contributed by atoms with van der Waals surface area (Å²) in [5.74, 6) is 1.24. The van der Waals surface area contributed by atoms with E-state index in [2.05, 4.69) is 4.99 Å². The third kappa shape index (κ3) is 2.19. The van der Waals surface area contributed by atoms with E-state index in [1.54, 1.807) is 6.08 Å². The SMILES string of the molecule is O=C=NC1(c2ccc3c(c2Cl)OCCCO3)CCCC1. The van der Waals surface area contributed by atoms with E-state index >= 15 is 0 Å². The Morgan fingerprint density at radius 2 is 1.90 bits per heavy atom. The van der Waals surface area contributed by atoms with Gasteiger partial charge in [-0.1, -0.05) is 30.5 Å². The van der Waals surface area contributed by atoms with Crippen LogP contribution < -0.4 is 9.47 Å². The van der Waals surface area contributed by atoms with Crippen LogP contribution in [0.5, 0.6) is 11.5 Å². The minimum absolute atomic E-state index is 0.519. The van der Waals surface area contributed by atoms with Crippen molar-refractivity contribution in [2.45, 2.75) is 37.6 Å². The number of nitrogens with zero attached hydrogens (tertiary/aromatic N) is 1. The van der Waals surface area contributed by atoms with Gasteiger partial charge >= 0.3 is 0 Å². The van der Waals surface area contributed by atoms with E-state index in [0.717, 1.165) is 37.7 Å². The molecule has 0 unspecified atom stereocenters. The number of hydrogen-bond acceptors (Lipinski definition) is 4. The van der Waals surface area contributed by atoms with Crippen LogP contribution in [-0.2, 0) is 10.3 Å². The summed E-state index contributed by atoms with van der Waals surface area (Å²) in [6, 6.07) is 3.77. The lowest BCUT2D eigenvalue weighted by molar-refractivity contribution is 0.297. The molecule has 5 heteroatoms. The van der Waals surface area contributed by atoms with Gasteiger partial charge in [0, 0.05) is 12.0 Å². The van der Waals surface area contributed by atoms with E-state index in [-0.39, 0.29) is 0 Å². The van der Waals surface area contributed by atoms with Crippen LogP contribution in [0.2, 0.25) is 5.02 Å². The molecule has 1 saturated carbocycles. The van der Waals surface area contributed by atoms with Crippen LogP contribution in [0.3, 0.4) is 0 Å². The monoisotopic (exact) mass is 293 g/mol. The van der Waals surface area contributed by atoms with E-state index in [4.69, 9.17) is 21.1 Å². The number of rotatable bonds is 2. The molecule has 1 aliphatic carbocycles. The maximum Gasteiger partial charge on any atom is 0.235 e. The molecule has 0 radical (unpaired) electrons. The van der Waals surface area contributed by atoms with Gasteiger partial charge in [0.25, 0.3) is 0 Å². The van der Waals surface area contributed by atoms with Crippen molar-refractivity contribution in [1.82, 2.24) is 0 Å². The largest absolute Gasteiger partial charge is 0.490 e. The Morgan fingerprint density at radius 3 is 2.65 bits per heavy atom. The zero-order valence-corrected chi connectivity index (χ0v) is 11.9. The summed E-state index contributed by atoms with van der Waals surface area (Å²) in [7, 11) is 0. The van der Waals surface area contributed by atoms with Crippen LogP contribution in [0.1, 0.15) is 37.7 Å².